The number of fused-ring (bicyclic) bond motifs is 3. The number of benzene rings is 2. The molecular weight excluding hydrogens is 283 g/mol. The Balaban J connectivity index is 1.88. The van der Waals surface area contributed by atoms with Crippen LogP contribution >= 0.6 is 0 Å². The van der Waals surface area contributed by atoms with Crippen LogP contribution in [0.4, 0.5) is 4.39 Å². The molecule has 22 heavy (non-hydrogen) atoms. The predicted molar refractivity (Wildman–Crippen MR) is 81.2 cm³/mol. The zero-order valence-corrected chi connectivity index (χ0v) is 11.4. The number of H-pyrrole nitrogens is 1. The molecule has 0 bridgehead atoms. The van der Waals surface area contributed by atoms with E-state index in [2.05, 4.69) is 5.10 Å². The highest BCUT2D eigenvalue weighted by molar-refractivity contribution is 6.00. The molecule has 4 nitrogen and oxygen atoms in total. The number of carbonyl (C=O) groups is 1. The van der Waals surface area contributed by atoms with Crippen LogP contribution in [0.15, 0.2) is 54.7 Å². The monoisotopic (exact) mass is 294 g/mol. The lowest BCUT2D eigenvalue weighted by molar-refractivity contribution is 0.0697. The molecule has 4 rings (SSSR count). The van der Waals surface area contributed by atoms with E-state index in [1.165, 1.54) is 12.1 Å². The molecule has 0 saturated carbocycles. The van der Waals surface area contributed by atoms with Crippen molar-refractivity contribution in [2.75, 3.05) is 0 Å². The molecule has 0 amide bonds. The first-order valence-electron chi connectivity index (χ1n) is 6.75. The lowest BCUT2D eigenvalue weighted by Crippen LogP contribution is -2.00. The van der Waals surface area contributed by atoms with Crippen LogP contribution in [0.2, 0.25) is 0 Å². The van der Waals surface area contributed by atoms with Crippen LogP contribution in [0.3, 0.4) is 0 Å². The van der Waals surface area contributed by atoms with Crippen molar-refractivity contribution in [3.8, 4) is 16.9 Å². The Bertz CT molecular complexity index is 983. The Kier molecular flexibility index (Phi) is 2.56. The van der Waals surface area contributed by atoms with E-state index in [-0.39, 0.29) is 11.4 Å². The first kappa shape index (κ1) is 12.6. The summed E-state index contributed by atoms with van der Waals surface area (Å²) < 4.78 is 15.0. The lowest BCUT2D eigenvalue weighted by atomic mass is 10.2. The maximum atomic E-state index is 13.3. The highest BCUT2D eigenvalue weighted by Gasteiger charge is 2.14. The van der Waals surface area contributed by atoms with E-state index >= 15 is 0 Å². The van der Waals surface area contributed by atoms with Crippen LogP contribution < -0.4 is 0 Å². The van der Waals surface area contributed by atoms with Gasteiger partial charge in [0.15, 0.2) is 0 Å². The van der Waals surface area contributed by atoms with Gasteiger partial charge in [-0.25, -0.2) is 9.18 Å². The molecule has 0 aromatic heterocycles. The molecule has 5 heteroatoms. The van der Waals surface area contributed by atoms with Gasteiger partial charge in [0, 0.05) is 17.1 Å². The minimum Gasteiger partial charge on any atom is -0.478 e. The van der Waals surface area contributed by atoms with Crippen molar-refractivity contribution in [1.82, 2.24) is 9.78 Å². The van der Waals surface area contributed by atoms with Crippen molar-refractivity contribution in [1.29, 1.82) is 0 Å². The fraction of sp³-hybridized carbons (Fsp3) is 0. The number of hydrogen-bond donors (Lipinski definition) is 2. The Morgan fingerprint density at radius 2 is 2.00 bits per heavy atom. The zero-order chi connectivity index (χ0) is 15.3. The summed E-state index contributed by atoms with van der Waals surface area (Å²) in [7, 11) is 0. The maximum absolute atomic E-state index is 13.3. The number of aromatic carboxylic acids is 1. The predicted octanol–water partition coefficient (Wildman–Crippen LogP) is 3.90. The van der Waals surface area contributed by atoms with Crippen LogP contribution in [0.1, 0.15) is 10.4 Å². The fourth-order valence-electron chi connectivity index (χ4n) is 2.72. The topological polar surface area (TPSA) is 58.0 Å². The largest absolute Gasteiger partial charge is 0.478 e. The third kappa shape index (κ3) is 1.87. The van der Waals surface area contributed by atoms with Gasteiger partial charge in [-0.2, -0.15) is 0 Å². The Morgan fingerprint density at radius 3 is 2.82 bits per heavy atom. The van der Waals surface area contributed by atoms with E-state index in [0.29, 0.717) is 0 Å². The molecule has 0 atom stereocenters. The molecule has 0 spiro atoms. The average molecular weight is 294 g/mol. The molecule has 2 aliphatic rings. The number of nitrogens with zero attached hydrogens (tertiary/aromatic N) is 1. The SMILES string of the molecule is O=C(O)c1cccc(-n2cc3cc4cc(F)ccc4c-3[nH]2)c1. The lowest BCUT2D eigenvalue weighted by Gasteiger charge is -2.03. The summed E-state index contributed by atoms with van der Waals surface area (Å²) in [5.74, 6) is -1.23. The standard InChI is InChI=1S/C17H11FN2O2/c18-13-4-5-15-11(7-13)6-12-9-20(19-16(12)15)14-3-1-2-10(8-14)17(21)22/h1-9,19H,(H,21,22). The second kappa shape index (κ2) is 4.46. The number of nitrogens with one attached hydrogen (secondary N) is 1. The fourth-order valence-corrected chi connectivity index (χ4v) is 2.72. The van der Waals surface area contributed by atoms with Gasteiger partial charge in [-0.3, -0.25) is 9.78 Å². The van der Waals surface area contributed by atoms with Gasteiger partial charge < -0.3 is 5.11 Å². The number of rotatable bonds is 2. The number of aromatic nitrogens is 2. The summed E-state index contributed by atoms with van der Waals surface area (Å²) in [4.78, 5) is 11.1. The second-order valence-electron chi connectivity index (χ2n) is 5.17. The van der Waals surface area contributed by atoms with Gasteiger partial charge in [0.1, 0.15) is 5.82 Å². The van der Waals surface area contributed by atoms with Crippen molar-refractivity contribution in [3.05, 3.63) is 66.1 Å². The summed E-state index contributed by atoms with van der Waals surface area (Å²) in [6.07, 6.45) is 1.87. The van der Waals surface area contributed by atoms with Crippen LogP contribution in [-0.4, -0.2) is 20.9 Å². The molecule has 108 valence electrons. The zero-order valence-electron chi connectivity index (χ0n) is 11.4. The summed E-state index contributed by atoms with van der Waals surface area (Å²) in [5.41, 5.74) is 2.80. The number of hydrogen-bond acceptors (Lipinski definition) is 1. The van der Waals surface area contributed by atoms with E-state index in [1.54, 1.807) is 28.9 Å². The van der Waals surface area contributed by atoms with Crippen LogP contribution in [0, 0.1) is 5.82 Å². The number of carboxylic acids is 1. The van der Waals surface area contributed by atoms with Gasteiger partial charge in [-0.05, 0) is 47.9 Å². The number of aromatic amines is 1. The highest BCUT2D eigenvalue weighted by Crippen LogP contribution is 2.34. The average Bonchev–Trinajstić information content (AvgIpc) is 3.04. The normalized spacial score (nSPS) is 11.3. The van der Waals surface area contributed by atoms with Crippen molar-refractivity contribution in [3.63, 3.8) is 0 Å². The summed E-state index contributed by atoms with van der Waals surface area (Å²) >= 11 is 0. The molecule has 1 aliphatic heterocycles. The summed E-state index contributed by atoms with van der Waals surface area (Å²) in [6, 6.07) is 13.2. The third-order valence-corrected chi connectivity index (χ3v) is 3.75. The Hall–Kier alpha value is -3.08. The van der Waals surface area contributed by atoms with Gasteiger partial charge in [0.25, 0.3) is 0 Å². The van der Waals surface area contributed by atoms with Crippen molar-refractivity contribution in [2.24, 2.45) is 0 Å². The number of carboxylic acid groups (broad SMARTS) is 1. The first-order valence-corrected chi connectivity index (χ1v) is 6.75. The Labute approximate surface area is 124 Å². The van der Waals surface area contributed by atoms with Gasteiger partial charge in [0.05, 0.1) is 16.9 Å². The minimum absolute atomic E-state index is 0.228. The molecule has 0 unspecified atom stereocenters. The third-order valence-electron chi connectivity index (χ3n) is 3.75. The molecular formula is C17H11FN2O2. The summed E-state index contributed by atoms with van der Waals surface area (Å²) in [6.45, 7) is 0. The highest BCUT2D eigenvalue weighted by atomic mass is 19.1. The maximum Gasteiger partial charge on any atom is 0.335 e. The molecule has 2 aromatic carbocycles. The van der Waals surface area contributed by atoms with Crippen molar-refractivity contribution >= 4 is 16.7 Å². The van der Waals surface area contributed by atoms with E-state index < -0.39 is 5.97 Å². The van der Waals surface area contributed by atoms with Gasteiger partial charge in [-0.15, -0.1) is 0 Å². The minimum atomic E-state index is -0.964. The second-order valence-corrected chi connectivity index (χ2v) is 5.17. The van der Waals surface area contributed by atoms with Gasteiger partial charge in [-0.1, -0.05) is 6.07 Å². The Morgan fingerprint density at radius 1 is 1.14 bits per heavy atom. The van der Waals surface area contributed by atoms with E-state index in [4.69, 9.17) is 5.11 Å². The quantitative estimate of drug-likeness (QED) is 0.589. The van der Waals surface area contributed by atoms with E-state index in [1.807, 2.05) is 18.3 Å². The van der Waals surface area contributed by atoms with Gasteiger partial charge >= 0.3 is 5.97 Å². The first-order chi connectivity index (χ1) is 10.6. The number of halogens is 1. The van der Waals surface area contributed by atoms with Gasteiger partial charge in [0.2, 0.25) is 0 Å². The van der Waals surface area contributed by atoms with Crippen molar-refractivity contribution < 1.29 is 14.3 Å². The van der Waals surface area contributed by atoms with E-state index in [9.17, 15) is 9.18 Å². The van der Waals surface area contributed by atoms with Crippen LogP contribution in [0.5, 0.6) is 0 Å². The van der Waals surface area contributed by atoms with Crippen LogP contribution in [0.25, 0.3) is 27.7 Å². The molecule has 0 saturated heterocycles. The van der Waals surface area contributed by atoms with Crippen LogP contribution in [-0.2, 0) is 0 Å². The summed E-state index contributed by atoms with van der Waals surface area (Å²) in [5, 5.41) is 14.1. The molecule has 0 fully saturated rings. The smallest absolute Gasteiger partial charge is 0.335 e. The van der Waals surface area contributed by atoms with E-state index in [0.717, 1.165) is 27.7 Å². The molecule has 1 aliphatic carbocycles. The molecule has 1 heterocycles. The molecule has 2 N–H and O–H groups in total. The molecule has 0 radical (unpaired) electrons. The van der Waals surface area contributed by atoms with Crippen molar-refractivity contribution in [2.45, 2.75) is 0 Å². The molecule has 2 aromatic rings.